The number of benzene rings is 1. The largest absolute Gasteiger partial charge is 0.495 e. The Morgan fingerprint density at radius 1 is 1.35 bits per heavy atom. The number of methoxy groups -OCH3 is 2. The Labute approximate surface area is 123 Å². The van der Waals surface area contributed by atoms with E-state index in [2.05, 4.69) is 10.6 Å². The highest BCUT2D eigenvalue weighted by Crippen LogP contribution is 2.36. The molecule has 110 valence electrons. The van der Waals surface area contributed by atoms with Gasteiger partial charge in [0.2, 0.25) is 5.91 Å². The predicted octanol–water partition coefficient (Wildman–Crippen LogP) is 2.15. The third kappa shape index (κ3) is 2.99. The first-order valence-corrected chi connectivity index (χ1v) is 6.87. The Morgan fingerprint density at radius 3 is 2.50 bits per heavy atom. The van der Waals surface area contributed by atoms with E-state index in [0.29, 0.717) is 28.1 Å². The minimum absolute atomic E-state index is 0.0285. The smallest absolute Gasteiger partial charge is 0.227 e. The molecular formula is C14H19ClN2O3. The van der Waals surface area contributed by atoms with E-state index in [0.717, 1.165) is 13.1 Å². The molecule has 0 bridgehead atoms. The van der Waals surface area contributed by atoms with Crippen molar-refractivity contribution in [2.45, 2.75) is 6.92 Å². The zero-order valence-electron chi connectivity index (χ0n) is 11.8. The summed E-state index contributed by atoms with van der Waals surface area (Å²) < 4.78 is 10.4. The quantitative estimate of drug-likeness (QED) is 0.874. The molecule has 1 aliphatic rings. The van der Waals surface area contributed by atoms with Gasteiger partial charge < -0.3 is 20.1 Å². The first-order valence-electron chi connectivity index (χ1n) is 6.50. The lowest BCUT2D eigenvalue weighted by Gasteiger charge is -2.31. The van der Waals surface area contributed by atoms with Gasteiger partial charge in [0.1, 0.15) is 11.5 Å². The van der Waals surface area contributed by atoms with Crippen LogP contribution in [0.2, 0.25) is 5.02 Å². The number of carbonyl (C=O) groups is 1. The summed E-state index contributed by atoms with van der Waals surface area (Å²) in [7, 11) is 3.06. The third-order valence-corrected chi connectivity index (χ3v) is 3.96. The average Bonchev–Trinajstić information content (AvgIpc) is 2.38. The minimum Gasteiger partial charge on any atom is -0.495 e. The molecule has 0 radical (unpaired) electrons. The van der Waals surface area contributed by atoms with E-state index in [1.54, 1.807) is 12.1 Å². The van der Waals surface area contributed by atoms with E-state index >= 15 is 0 Å². The van der Waals surface area contributed by atoms with Crippen LogP contribution in [-0.4, -0.2) is 33.2 Å². The van der Waals surface area contributed by atoms with Crippen LogP contribution >= 0.6 is 11.6 Å². The number of hydrogen-bond acceptors (Lipinski definition) is 4. The minimum atomic E-state index is -0.0531. The fraction of sp³-hybridized carbons (Fsp3) is 0.500. The summed E-state index contributed by atoms with van der Waals surface area (Å²) in [6.45, 7) is 3.70. The van der Waals surface area contributed by atoms with Gasteiger partial charge in [-0.25, -0.2) is 0 Å². The van der Waals surface area contributed by atoms with Gasteiger partial charge in [0.05, 0.1) is 24.9 Å². The molecule has 1 aromatic rings. The third-order valence-electron chi connectivity index (χ3n) is 3.67. The standard InChI is InChI=1S/C14H19ClN2O3/c1-8(9-6-16-7-9)14(18)17-11-5-12(19-2)10(15)4-13(11)20-3/h4-5,8-9,16H,6-7H2,1-3H3,(H,17,18). The van der Waals surface area contributed by atoms with Crippen molar-refractivity contribution in [3.05, 3.63) is 17.2 Å². The Bertz CT molecular complexity index is 503. The van der Waals surface area contributed by atoms with Crippen molar-refractivity contribution >= 4 is 23.2 Å². The summed E-state index contributed by atoms with van der Waals surface area (Å²) in [6, 6.07) is 3.30. The summed E-state index contributed by atoms with van der Waals surface area (Å²) >= 11 is 6.04. The van der Waals surface area contributed by atoms with Crippen LogP contribution < -0.4 is 20.1 Å². The van der Waals surface area contributed by atoms with Crippen molar-refractivity contribution in [3.63, 3.8) is 0 Å². The number of rotatable bonds is 5. The summed E-state index contributed by atoms with van der Waals surface area (Å²) in [4.78, 5) is 12.2. The Balaban J connectivity index is 2.16. The van der Waals surface area contributed by atoms with Crippen LogP contribution in [0.15, 0.2) is 12.1 Å². The number of hydrogen-bond donors (Lipinski definition) is 2. The van der Waals surface area contributed by atoms with Crippen molar-refractivity contribution in [1.82, 2.24) is 5.32 Å². The van der Waals surface area contributed by atoms with Crippen LogP contribution in [0.4, 0.5) is 5.69 Å². The second kappa shape index (κ2) is 6.33. The Hall–Kier alpha value is -1.46. The molecule has 5 nitrogen and oxygen atoms in total. The summed E-state index contributed by atoms with van der Waals surface area (Å²) in [6.07, 6.45) is 0. The molecule has 0 aliphatic carbocycles. The molecule has 1 aliphatic heterocycles. The van der Waals surface area contributed by atoms with E-state index in [1.165, 1.54) is 14.2 Å². The molecular weight excluding hydrogens is 280 g/mol. The molecule has 0 spiro atoms. The van der Waals surface area contributed by atoms with E-state index in [1.807, 2.05) is 6.92 Å². The van der Waals surface area contributed by atoms with Gasteiger partial charge in [-0.05, 0) is 19.0 Å². The van der Waals surface area contributed by atoms with Crippen LogP contribution in [0.25, 0.3) is 0 Å². The molecule has 20 heavy (non-hydrogen) atoms. The van der Waals surface area contributed by atoms with Gasteiger partial charge in [-0.3, -0.25) is 4.79 Å². The van der Waals surface area contributed by atoms with Crippen LogP contribution in [0.5, 0.6) is 11.5 Å². The average molecular weight is 299 g/mol. The number of nitrogens with one attached hydrogen (secondary N) is 2. The lowest BCUT2D eigenvalue weighted by atomic mass is 9.88. The Kier molecular flexibility index (Phi) is 4.73. The first-order chi connectivity index (χ1) is 9.56. The van der Waals surface area contributed by atoms with Gasteiger partial charge in [0.15, 0.2) is 0 Å². The molecule has 6 heteroatoms. The van der Waals surface area contributed by atoms with Crippen LogP contribution in [0, 0.1) is 11.8 Å². The zero-order valence-corrected chi connectivity index (χ0v) is 12.6. The second-order valence-corrected chi connectivity index (χ2v) is 5.29. The van der Waals surface area contributed by atoms with Crippen molar-refractivity contribution < 1.29 is 14.3 Å². The monoisotopic (exact) mass is 298 g/mol. The van der Waals surface area contributed by atoms with Crippen LogP contribution in [-0.2, 0) is 4.79 Å². The number of carbonyl (C=O) groups excluding carboxylic acids is 1. The maximum atomic E-state index is 12.2. The molecule has 2 N–H and O–H groups in total. The van der Waals surface area contributed by atoms with E-state index in [9.17, 15) is 4.79 Å². The van der Waals surface area contributed by atoms with Crippen molar-refractivity contribution in [2.75, 3.05) is 32.6 Å². The topological polar surface area (TPSA) is 59.6 Å². The van der Waals surface area contributed by atoms with Gasteiger partial charge >= 0.3 is 0 Å². The number of amides is 1. The molecule has 0 saturated carbocycles. The molecule has 0 aromatic heterocycles. The highest BCUT2D eigenvalue weighted by Gasteiger charge is 2.29. The van der Waals surface area contributed by atoms with Crippen molar-refractivity contribution in [3.8, 4) is 11.5 Å². The fourth-order valence-corrected chi connectivity index (χ4v) is 2.31. The summed E-state index contributed by atoms with van der Waals surface area (Å²) in [5.41, 5.74) is 0.567. The van der Waals surface area contributed by atoms with E-state index < -0.39 is 0 Å². The van der Waals surface area contributed by atoms with Crippen molar-refractivity contribution in [1.29, 1.82) is 0 Å². The molecule has 1 aromatic carbocycles. The summed E-state index contributed by atoms with van der Waals surface area (Å²) in [5, 5.41) is 6.49. The second-order valence-electron chi connectivity index (χ2n) is 4.88. The molecule has 1 heterocycles. The Morgan fingerprint density at radius 2 is 2.00 bits per heavy atom. The predicted molar refractivity (Wildman–Crippen MR) is 78.7 cm³/mol. The number of anilines is 1. The highest BCUT2D eigenvalue weighted by atomic mass is 35.5. The lowest BCUT2D eigenvalue weighted by Crippen LogP contribution is -2.48. The van der Waals surface area contributed by atoms with Gasteiger partial charge in [0, 0.05) is 18.1 Å². The van der Waals surface area contributed by atoms with Crippen molar-refractivity contribution in [2.24, 2.45) is 11.8 Å². The van der Waals surface area contributed by atoms with Crippen LogP contribution in [0.1, 0.15) is 6.92 Å². The van der Waals surface area contributed by atoms with Crippen LogP contribution in [0.3, 0.4) is 0 Å². The molecule has 1 amide bonds. The maximum absolute atomic E-state index is 12.2. The van der Waals surface area contributed by atoms with Gasteiger partial charge in [-0.2, -0.15) is 0 Å². The molecule has 2 rings (SSSR count). The zero-order chi connectivity index (χ0) is 14.7. The molecule has 1 unspecified atom stereocenters. The maximum Gasteiger partial charge on any atom is 0.227 e. The van der Waals surface area contributed by atoms with Gasteiger partial charge in [0.25, 0.3) is 0 Å². The van der Waals surface area contributed by atoms with Gasteiger partial charge in [-0.15, -0.1) is 0 Å². The molecule has 1 fully saturated rings. The van der Waals surface area contributed by atoms with E-state index in [4.69, 9.17) is 21.1 Å². The molecule has 1 atom stereocenters. The first kappa shape index (κ1) is 14.9. The van der Waals surface area contributed by atoms with E-state index in [-0.39, 0.29) is 11.8 Å². The summed E-state index contributed by atoms with van der Waals surface area (Å²) in [5.74, 6) is 1.32. The SMILES string of the molecule is COc1cc(NC(=O)C(C)C2CNC2)c(OC)cc1Cl. The number of ether oxygens (including phenoxy) is 2. The normalized spacial score (nSPS) is 16.2. The lowest BCUT2D eigenvalue weighted by molar-refractivity contribution is -0.121. The fourth-order valence-electron chi connectivity index (χ4n) is 2.08. The molecule has 1 saturated heterocycles. The number of halogens is 1. The highest BCUT2D eigenvalue weighted by molar-refractivity contribution is 6.32. The van der Waals surface area contributed by atoms with Gasteiger partial charge in [-0.1, -0.05) is 18.5 Å².